The molecule has 0 aromatic rings. The topological polar surface area (TPSA) is 20.2 Å². The molecule has 3 aliphatic rings. The number of allylic oxidation sites excluding steroid dienone is 4. The van der Waals surface area contributed by atoms with Gasteiger partial charge in [-0.25, -0.2) is 0 Å². The summed E-state index contributed by atoms with van der Waals surface area (Å²) in [4.78, 5) is 0. The van der Waals surface area contributed by atoms with Crippen LogP contribution in [0.1, 0.15) is 98.8 Å². The van der Waals surface area contributed by atoms with Crippen molar-refractivity contribution in [3.8, 4) is 0 Å². The molecule has 0 heterocycles. The van der Waals surface area contributed by atoms with Gasteiger partial charge in [-0.3, -0.25) is 0 Å². The molecule has 0 radical (unpaired) electrons. The van der Waals surface area contributed by atoms with Crippen molar-refractivity contribution in [2.24, 2.45) is 35.0 Å². The summed E-state index contributed by atoms with van der Waals surface area (Å²) in [6, 6.07) is 0. The van der Waals surface area contributed by atoms with E-state index in [-0.39, 0.29) is 6.10 Å². The number of hydrogen-bond donors (Lipinski definition) is 1. The van der Waals surface area contributed by atoms with E-state index in [0.29, 0.717) is 5.41 Å². The Bertz CT molecular complexity index is 639. The molecule has 0 aliphatic heterocycles. The number of aliphatic hydroxyl groups is 1. The van der Waals surface area contributed by atoms with Gasteiger partial charge in [-0.15, -0.1) is 0 Å². The molecule has 0 amide bonds. The summed E-state index contributed by atoms with van der Waals surface area (Å²) >= 11 is 0. The summed E-state index contributed by atoms with van der Waals surface area (Å²) in [7, 11) is 0. The fraction of sp³-hybridized carbons (Fsp3) is 0.786. The van der Waals surface area contributed by atoms with Crippen molar-refractivity contribution in [1.29, 1.82) is 0 Å². The number of rotatable bonds is 6. The van der Waals surface area contributed by atoms with Crippen molar-refractivity contribution in [3.05, 3.63) is 35.5 Å². The lowest BCUT2D eigenvalue weighted by Gasteiger charge is -2.44. The smallest absolute Gasteiger partial charge is 0.0583 e. The summed E-state index contributed by atoms with van der Waals surface area (Å²) in [5.74, 6) is 4.14. The average Bonchev–Trinajstić information content (AvgIpc) is 3.04. The first-order valence-corrected chi connectivity index (χ1v) is 12.5. The maximum Gasteiger partial charge on any atom is 0.0583 e. The molecule has 1 nitrogen and oxygen atoms in total. The van der Waals surface area contributed by atoms with Gasteiger partial charge in [0.25, 0.3) is 0 Å². The van der Waals surface area contributed by atoms with Gasteiger partial charge in [0.1, 0.15) is 0 Å². The Morgan fingerprint density at radius 3 is 2.55 bits per heavy atom. The highest BCUT2D eigenvalue weighted by Gasteiger charge is 2.50. The average molecular weight is 399 g/mol. The van der Waals surface area contributed by atoms with Crippen LogP contribution in [0.5, 0.6) is 0 Å². The normalized spacial score (nSPS) is 37.9. The van der Waals surface area contributed by atoms with Crippen molar-refractivity contribution in [3.63, 3.8) is 0 Å². The van der Waals surface area contributed by atoms with Crippen LogP contribution in [0.15, 0.2) is 35.5 Å². The van der Waals surface area contributed by atoms with Gasteiger partial charge >= 0.3 is 0 Å². The molecule has 3 fully saturated rings. The van der Waals surface area contributed by atoms with Gasteiger partial charge in [-0.05, 0) is 91.9 Å². The van der Waals surface area contributed by atoms with Gasteiger partial charge in [0, 0.05) is 0 Å². The van der Waals surface area contributed by atoms with Crippen LogP contribution in [0.2, 0.25) is 0 Å². The van der Waals surface area contributed by atoms with E-state index < -0.39 is 0 Å². The summed E-state index contributed by atoms with van der Waals surface area (Å²) in [5.41, 5.74) is 4.70. The third-order valence-corrected chi connectivity index (χ3v) is 9.13. The second-order valence-electron chi connectivity index (χ2n) is 11.3. The van der Waals surface area contributed by atoms with Gasteiger partial charge < -0.3 is 5.11 Å². The van der Waals surface area contributed by atoms with Gasteiger partial charge in [-0.1, -0.05) is 77.3 Å². The van der Waals surface area contributed by atoms with Gasteiger partial charge in [-0.2, -0.15) is 0 Å². The van der Waals surface area contributed by atoms with Crippen LogP contribution in [-0.4, -0.2) is 11.2 Å². The molecule has 6 atom stereocenters. The minimum Gasteiger partial charge on any atom is -0.393 e. The van der Waals surface area contributed by atoms with E-state index in [0.717, 1.165) is 48.9 Å². The molecule has 1 N–H and O–H groups in total. The fourth-order valence-corrected chi connectivity index (χ4v) is 6.67. The van der Waals surface area contributed by atoms with Crippen molar-refractivity contribution < 1.29 is 5.11 Å². The summed E-state index contributed by atoms with van der Waals surface area (Å²) in [6.07, 6.45) is 16.8. The highest BCUT2D eigenvalue weighted by molar-refractivity contribution is 5.36. The predicted molar refractivity (Wildman–Crippen MR) is 126 cm³/mol. The molecule has 0 saturated heterocycles. The monoisotopic (exact) mass is 398 g/mol. The fourth-order valence-electron chi connectivity index (χ4n) is 6.67. The molecular weight excluding hydrogens is 352 g/mol. The predicted octanol–water partition coefficient (Wildman–Crippen LogP) is 7.87. The lowest BCUT2D eigenvalue weighted by atomic mass is 9.60. The van der Waals surface area contributed by atoms with Crippen LogP contribution >= 0.6 is 0 Å². The zero-order chi connectivity index (χ0) is 21.2. The van der Waals surface area contributed by atoms with Crippen LogP contribution in [0.25, 0.3) is 0 Å². The maximum atomic E-state index is 10.0. The van der Waals surface area contributed by atoms with Gasteiger partial charge in [0.2, 0.25) is 0 Å². The Morgan fingerprint density at radius 1 is 1.07 bits per heavy atom. The lowest BCUT2D eigenvalue weighted by Crippen LogP contribution is -2.36. The Balaban J connectivity index is 1.70. The Labute approximate surface area is 180 Å². The Morgan fingerprint density at radius 2 is 1.83 bits per heavy atom. The van der Waals surface area contributed by atoms with E-state index in [4.69, 9.17) is 0 Å². The number of hydrogen-bond acceptors (Lipinski definition) is 1. The van der Waals surface area contributed by atoms with Crippen molar-refractivity contribution in [2.45, 2.75) is 105 Å². The van der Waals surface area contributed by atoms with E-state index in [9.17, 15) is 5.11 Å². The van der Waals surface area contributed by atoms with Crippen LogP contribution < -0.4 is 0 Å². The summed E-state index contributed by atoms with van der Waals surface area (Å²) in [6.45, 7) is 16.6. The molecule has 3 aliphatic carbocycles. The molecular formula is C28H46O. The zero-order valence-corrected chi connectivity index (χ0v) is 19.8. The van der Waals surface area contributed by atoms with Crippen LogP contribution in [-0.2, 0) is 0 Å². The van der Waals surface area contributed by atoms with E-state index in [1.54, 1.807) is 5.57 Å². The largest absolute Gasteiger partial charge is 0.393 e. The second kappa shape index (κ2) is 9.54. The first kappa shape index (κ1) is 22.9. The van der Waals surface area contributed by atoms with E-state index >= 15 is 0 Å². The summed E-state index contributed by atoms with van der Waals surface area (Å²) < 4.78 is 0. The van der Waals surface area contributed by atoms with Crippen LogP contribution in [0, 0.1) is 35.0 Å². The SMILES string of the molecule is C=C1CC[C@H](O)C/C1=C\C=C1\CCC[C@]2(C)[C@@H]([C@H](C)CC[C@H](C)C(C)C)CC[C@@H]12. The molecule has 0 aromatic heterocycles. The molecule has 0 bridgehead atoms. The number of fused-ring (bicyclic) bond motifs is 1. The van der Waals surface area contributed by atoms with Crippen molar-refractivity contribution in [2.75, 3.05) is 0 Å². The zero-order valence-electron chi connectivity index (χ0n) is 19.8. The third kappa shape index (κ3) is 5.09. The minimum atomic E-state index is -0.174. The molecule has 1 heteroatoms. The molecule has 0 spiro atoms. The molecule has 0 aromatic carbocycles. The molecule has 3 saturated carbocycles. The third-order valence-electron chi connectivity index (χ3n) is 9.13. The highest BCUT2D eigenvalue weighted by Crippen LogP contribution is 2.60. The van der Waals surface area contributed by atoms with E-state index in [1.165, 1.54) is 56.1 Å². The van der Waals surface area contributed by atoms with Gasteiger partial charge in [0.15, 0.2) is 0 Å². The standard InChI is InChI=1S/C28H46O/c1-19(2)20(3)9-10-22(5)26-15-16-27-23(8-7-17-28(26,27)6)12-13-24-18-25(29)14-11-21(24)4/h12-13,19-20,22,25-27,29H,4,7-11,14-18H2,1-3,5-6H3/b23-12-,24-13+/t20-,22+,25-,26+,27-,28+/m0/s1. The molecule has 0 unspecified atom stereocenters. The minimum absolute atomic E-state index is 0.174. The lowest BCUT2D eigenvalue weighted by molar-refractivity contribution is 0.0907. The van der Waals surface area contributed by atoms with Crippen LogP contribution in [0.4, 0.5) is 0 Å². The van der Waals surface area contributed by atoms with E-state index in [2.05, 4.69) is 53.3 Å². The highest BCUT2D eigenvalue weighted by atomic mass is 16.3. The molecule has 29 heavy (non-hydrogen) atoms. The molecule has 3 rings (SSSR count). The summed E-state index contributed by atoms with van der Waals surface area (Å²) in [5, 5.41) is 10.0. The van der Waals surface area contributed by atoms with Crippen molar-refractivity contribution >= 4 is 0 Å². The van der Waals surface area contributed by atoms with Crippen LogP contribution in [0.3, 0.4) is 0 Å². The Kier molecular flexibility index (Phi) is 7.52. The van der Waals surface area contributed by atoms with Gasteiger partial charge in [0.05, 0.1) is 6.10 Å². The first-order valence-electron chi connectivity index (χ1n) is 12.5. The number of aliphatic hydroxyl groups excluding tert-OH is 1. The van der Waals surface area contributed by atoms with E-state index in [1.807, 2.05) is 0 Å². The first-order chi connectivity index (χ1) is 13.7. The molecule has 164 valence electrons. The quantitative estimate of drug-likeness (QED) is 0.482. The maximum absolute atomic E-state index is 10.0. The Hall–Kier alpha value is -0.820. The van der Waals surface area contributed by atoms with Crippen molar-refractivity contribution in [1.82, 2.24) is 0 Å². The second-order valence-corrected chi connectivity index (χ2v) is 11.3.